The van der Waals surface area contributed by atoms with E-state index in [0.29, 0.717) is 29.4 Å². The molecule has 0 spiro atoms. The Bertz CT molecular complexity index is 1050. The molecule has 1 aromatic carbocycles. The number of ether oxygens (including phenoxy) is 1. The largest absolute Gasteiger partial charge is 0.489 e. The smallest absolute Gasteiger partial charge is 0.261 e. The molecule has 4 rings (SSSR count). The lowest BCUT2D eigenvalue weighted by atomic mass is 10.0. The van der Waals surface area contributed by atoms with Crippen molar-refractivity contribution in [3.8, 4) is 17.0 Å². The summed E-state index contributed by atoms with van der Waals surface area (Å²) in [7, 11) is 1.71. The van der Waals surface area contributed by atoms with Crippen molar-refractivity contribution < 1.29 is 9.94 Å². The van der Waals surface area contributed by atoms with Crippen LogP contribution in [0.25, 0.3) is 22.0 Å². The Balaban J connectivity index is 1.91. The molecule has 1 N–H and O–H groups in total. The van der Waals surface area contributed by atoms with Crippen molar-refractivity contribution in [2.24, 2.45) is 13.0 Å². The predicted molar refractivity (Wildman–Crippen MR) is 106 cm³/mol. The van der Waals surface area contributed by atoms with E-state index in [1.165, 1.54) is 17.4 Å². The summed E-state index contributed by atoms with van der Waals surface area (Å²) >= 11 is 1.09. The van der Waals surface area contributed by atoms with Crippen molar-refractivity contribution in [3.63, 3.8) is 0 Å². The highest BCUT2D eigenvalue weighted by Crippen LogP contribution is 2.35. The van der Waals surface area contributed by atoms with Gasteiger partial charge in [-0.05, 0) is 42.2 Å². The van der Waals surface area contributed by atoms with Gasteiger partial charge in [0.2, 0.25) is 0 Å². The lowest BCUT2D eigenvalue weighted by Crippen LogP contribution is -2.17. The van der Waals surface area contributed by atoms with E-state index in [1.807, 2.05) is 18.2 Å². The first kappa shape index (κ1) is 17.8. The molecule has 0 atom stereocenters. The van der Waals surface area contributed by atoms with E-state index in [4.69, 9.17) is 4.74 Å². The molecule has 7 nitrogen and oxygen atoms in total. The average molecular weight is 384 g/mol. The third-order valence-electron chi connectivity index (χ3n) is 4.60. The molecule has 0 amide bonds. The van der Waals surface area contributed by atoms with Crippen molar-refractivity contribution in [3.05, 3.63) is 47.0 Å². The first-order valence-corrected chi connectivity index (χ1v) is 9.88. The highest BCUT2D eigenvalue weighted by Gasteiger charge is 2.24. The molecule has 8 heteroatoms. The van der Waals surface area contributed by atoms with Gasteiger partial charge in [-0.1, -0.05) is 18.2 Å². The van der Waals surface area contributed by atoms with Crippen molar-refractivity contribution in [2.45, 2.75) is 12.8 Å². The lowest BCUT2D eigenvalue weighted by Gasteiger charge is -2.16. The monoisotopic (exact) mass is 384 g/mol. The number of nitrogens with zero attached hydrogens (tertiary/aromatic N) is 4. The molecular weight excluding hydrogens is 364 g/mol. The third-order valence-corrected chi connectivity index (χ3v) is 5.11. The molecule has 1 saturated carbocycles. The molecule has 140 valence electrons. The second kappa shape index (κ2) is 7.21. The fraction of sp³-hybridized carbons (Fsp3) is 0.316. The third kappa shape index (κ3) is 3.50. The van der Waals surface area contributed by atoms with Gasteiger partial charge in [-0.15, -0.1) is 0 Å². The summed E-state index contributed by atoms with van der Waals surface area (Å²) in [5.74, 6) is 1.29. The molecular formula is C19H20N4O3S. The van der Waals surface area contributed by atoms with E-state index in [-0.39, 0.29) is 11.5 Å². The molecule has 0 radical (unpaired) electrons. The summed E-state index contributed by atoms with van der Waals surface area (Å²) in [6, 6.07) is 7.42. The molecule has 0 aliphatic heterocycles. The summed E-state index contributed by atoms with van der Waals surface area (Å²) in [6.07, 6.45) is 7.41. The van der Waals surface area contributed by atoms with Crippen LogP contribution in [0.5, 0.6) is 5.75 Å². The van der Waals surface area contributed by atoms with Gasteiger partial charge in [0.15, 0.2) is 5.75 Å². The number of aromatic nitrogens is 3. The minimum absolute atomic E-state index is 0.0722. The minimum Gasteiger partial charge on any atom is -0.489 e. The SMILES string of the molecule is CSN(O)c1ncc(OCC2CC2)c(-c2cn(C)c(=O)c3ccccc23)n1. The van der Waals surface area contributed by atoms with Crippen LogP contribution in [0.2, 0.25) is 0 Å². The van der Waals surface area contributed by atoms with E-state index >= 15 is 0 Å². The molecule has 2 aromatic heterocycles. The van der Waals surface area contributed by atoms with E-state index in [1.54, 1.807) is 31.8 Å². The normalized spacial score (nSPS) is 13.7. The summed E-state index contributed by atoms with van der Waals surface area (Å²) in [4.78, 5) is 21.2. The summed E-state index contributed by atoms with van der Waals surface area (Å²) in [6.45, 7) is 0.616. The van der Waals surface area contributed by atoms with Gasteiger partial charge < -0.3 is 9.30 Å². The van der Waals surface area contributed by atoms with Gasteiger partial charge in [0.25, 0.3) is 11.5 Å². The number of benzene rings is 1. The molecule has 2 heterocycles. The molecule has 1 fully saturated rings. The van der Waals surface area contributed by atoms with Gasteiger partial charge in [0.05, 0.1) is 12.8 Å². The lowest BCUT2D eigenvalue weighted by molar-refractivity contribution is 0.297. The highest BCUT2D eigenvalue weighted by atomic mass is 32.2. The highest BCUT2D eigenvalue weighted by molar-refractivity contribution is 7.99. The van der Waals surface area contributed by atoms with E-state index in [0.717, 1.165) is 27.4 Å². The summed E-state index contributed by atoms with van der Waals surface area (Å²) in [5.41, 5.74) is 1.24. The molecule has 27 heavy (non-hydrogen) atoms. The van der Waals surface area contributed by atoms with Gasteiger partial charge >= 0.3 is 0 Å². The van der Waals surface area contributed by atoms with E-state index in [2.05, 4.69) is 9.97 Å². The zero-order valence-electron chi connectivity index (χ0n) is 15.1. The van der Waals surface area contributed by atoms with Crippen LogP contribution in [0, 0.1) is 5.92 Å². The summed E-state index contributed by atoms with van der Waals surface area (Å²) < 4.78 is 8.42. The Kier molecular flexibility index (Phi) is 4.75. The van der Waals surface area contributed by atoms with Crippen LogP contribution in [0.15, 0.2) is 41.5 Å². The topological polar surface area (TPSA) is 80.5 Å². The van der Waals surface area contributed by atoms with Crippen molar-refractivity contribution in [2.75, 3.05) is 17.3 Å². The van der Waals surface area contributed by atoms with Crippen LogP contribution >= 0.6 is 11.9 Å². The number of aryl methyl sites for hydroxylation is 1. The number of rotatable bonds is 6. The zero-order chi connectivity index (χ0) is 19.0. The first-order valence-electron chi connectivity index (χ1n) is 8.70. The fourth-order valence-corrected chi connectivity index (χ4v) is 3.18. The maximum Gasteiger partial charge on any atom is 0.261 e. The van der Waals surface area contributed by atoms with Gasteiger partial charge in [-0.2, -0.15) is 4.47 Å². The Morgan fingerprint density at radius 2 is 2.07 bits per heavy atom. The number of hydrogen-bond donors (Lipinski definition) is 1. The molecule has 1 aliphatic carbocycles. The second-order valence-electron chi connectivity index (χ2n) is 6.60. The standard InChI is InChI=1S/C19H20N4O3S/c1-22-10-15(13-5-3-4-6-14(13)18(22)24)17-16(26-11-12-7-8-12)9-20-19(21-17)23(25)27-2/h3-6,9-10,12,25H,7-8,11H2,1-2H3. The molecule has 0 bridgehead atoms. The van der Waals surface area contributed by atoms with Crippen LogP contribution in [-0.2, 0) is 7.05 Å². The fourth-order valence-electron chi connectivity index (χ4n) is 2.93. The van der Waals surface area contributed by atoms with Crippen LogP contribution in [0.4, 0.5) is 5.95 Å². The van der Waals surface area contributed by atoms with E-state index < -0.39 is 0 Å². The zero-order valence-corrected chi connectivity index (χ0v) is 15.9. The van der Waals surface area contributed by atoms with Gasteiger partial charge in [-0.25, -0.2) is 9.97 Å². The molecule has 1 aliphatic rings. The number of anilines is 1. The van der Waals surface area contributed by atoms with Crippen molar-refractivity contribution in [1.82, 2.24) is 14.5 Å². The Morgan fingerprint density at radius 1 is 1.33 bits per heavy atom. The van der Waals surface area contributed by atoms with Gasteiger partial charge in [0, 0.05) is 30.4 Å². The first-order chi connectivity index (χ1) is 13.1. The van der Waals surface area contributed by atoms with Gasteiger partial charge in [-0.3, -0.25) is 10.0 Å². The molecule has 3 aromatic rings. The van der Waals surface area contributed by atoms with Crippen LogP contribution < -0.4 is 14.8 Å². The van der Waals surface area contributed by atoms with Crippen LogP contribution in [-0.4, -0.2) is 32.6 Å². The van der Waals surface area contributed by atoms with Crippen molar-refractivity contribution in [1.29, 1.82) is 0 Å². The quantitative estimate of drug-likeness (QED) is 0.516. The van der Waals surface area contributed by atoms with Crippen LogP contribution in [0.3, 0.4) is 0 Å². The second-order valence-corrected chi connectivity index (χ2v) is 7.31. The van der Waals surface area contributed by atoms with Crippen LogP contribution in [0.1, 0.15) is 12.8 Å². The number of fused-ring (bicyclic) bond motifs is 1. The number of pyridine rings is 1. The Labute approximate surface area is 160 Å². The predicted octanol–water partition coefficient (Wildman–Crippen LogP) is 3.26. The van der Waals surface area contributed by atoms with E-state index in [9.17, 15) is 10.0 Å². The minimum atomic E-state index is -0.0722. The van der Waals surface area contributed by atoms with Gasteiger partial charge in [0.1, 0.15) is 5.69 Å². The summed E-state index contributed by atoms with van der Waals surface area (Å²) in [5, 5.41) is 11.4. The maximum atomic E-state index is 12.5. The Morgan fingerprint density at radius 3 is 2.78 bits per heavy atom. The number of hydrogen-bond acceptors (Lipinski definition) is 7. The average Bonchev–Trinajstić information content (AvgIpc) is 3.53. The molecule has 0 saturated heterocycles. The Hall–Kier alpha value is -2.58. The maximum absolute atomic E-state index is 12.5. The van der Waals surface area contributed by atoms with Crippen molar-refractivity contribution >= 4 is 28.7 Å². The molecule has 0 unspecified atom stereocenters.